The maximum atomic E-state index is 5.71. The number of hydrogen-bond acceptors (Lipinski definition) is 7. The largest absolute Gasteiger partial charge is 0.439 e. The van der Waals surface area contributed by atoms with Crippen molar-refractivity contribution in [3.8, 4) is 0 Å². The van der Waals surface area contributed by atoms with Crippen LogP contribution < -0.4 is 5.73 Å². The molecule has 5 nitrogen and oxygen atoms in total. The van der Waals surface area contributed by atoms with Crippen molar-refractivity contribution in [1.29, 1.82) is 0 Å². The van der Waals surface area contributed by atoms with E-state index in [0.29, 0.717) is 5.22 Å². The number of nitrogen functional groups attached to an aromatic ring is 1. The molecule has 0 unspecified atom stereocenters. The monoisotopic (exact) mass is 278 g/mol. The molecule has 3 aromatic rings. The Hall–Kier alpha value is -1.60. The molecule has 0 saturated heterocycles. The number of hydrogen-bond donors (Lipinski definition) is 1. The zero-order valence-corrected chi connectivity index (χ0v) is 11.4. The van der Waals surface area contributed by atoms with Crippen LogP contribution >= 0.6 is 23.1 Å². The summed E-state index contributed by atoms with van der Waals surface area (Å²) in [7, 11) is 0. The van der Waals surface area contributed by atoms with Gasteiger partial charge in [-0.3, -0.25) is 0 Å². The Morgan fingerprint density at radius 2 is 2.11 bits per heavy atom. The maximum Gasteiger partial charge on any atom is 0.262 e. The van der Waals surface area contributed by atoms with Crippen LogP contribution in [0.25, 0.3) is 10.2 Å². The lowest BCUT2D eigenvalue weighted by molar-refractivity contribution is 0.454. The number of fused-ring (bicyclic) bond motifs is 1. The Bertz CT molecular complexity index is 719. The summed E-state index contributed by atoms with van der Waals surface area (Å²) in [5.74, 6) is 0.273. The Balaban J connectivity index is 2.10. The molecule has 0 fully saturated rings. The van der Waals surface area contributed by atoms with Crippen molar-refractivity contribution in [2.24, 2.45) is 0 Å². The minimum Gasteiger partial charge on any atom is -0.439 e. The smallest absolute Gasteiger partial charge is 0.262 e. The van der Waals surface area contributed by atoms with E-state index in [9.17, 15) is 0 Å². The second-order valence-electron chi connectivity index (χ2n) is 3.82. The van der Waals surface area contributed by atoms with Gasteiger partial charge in [-0.25, -0.2) is 15.0 Å². The summed E-state index contributed by atoms with van der Waals surface area (Å²) in [6.07, 6.45) is 1.61. The predicted molar refractivity (Wildman–Crippen MR) is 71.9 cm³/mol. The number of aryl methyl sites for hydroxylation is 2. The molecule has 3 rings (SSSR count). The molecule has 0 aromatic carbocycles. The highest BCUT2D eigenvalue weighted by Crippen LogP contribution is 2.34. The predicted octanol–water partition coefficient (Wildman–Crippen LogP) is 3.03. The van der Waals surface area contributed by atoms with Gasteiger partial charge < -0.3 is 10.2 Å². The van der Waals surface area contributed by atoms with E-state index >= 15 is 0 Å². The molecule has 0 saturated carbocycles. The van der Waals surface area contributed by atoms with Gasteiger partial charge in [0.05, 0.1) is 5.69 Å². The van der Waals surface area contributed by atoms with Crippen LogP contribution in [0.2, 0.25) is 0 Å². The van der Waals surface area contributed by atoms with Gasteiger partial charge in [-0.15, -0.1) is 11.3 Å². The second-order valence-corrected chi connectivity index (χ2v) is 5.99. The third kappa shape index (κ3) is 2.06. The highest BCUT2D eigenvalue weighted by molar-refractivity contribution is 7.99. The first kappa shape index (κ1) is 11.5. The van der Waals surface area contributed by atoms with E-state index in [1.807, 2.05) is 13.8 Å². The molecule has 7 heteroatoms. The molecule has 0 bridgehead atoms. The molecule has 0 atom stereocenters. The number of nitrogens with two attached hydrogens (primary N) is 1. The van der Waals surface area contributed by atoms with Crippen LogP contribution in [-0.2, 0) is 0 Å². The van der Waals surface area contributed by atoms with E-state index in [4.69, 9.17) is 10.2 Å². The summed E-state index contributed by atoms with van der Waals surface area (Å²) >= 11 is 2.96. The molecule has 92 valence electrons. The average molecular weight is 278 g/mol. The van der Waals surface area contributed by atoms with Crippen molar-refractivity contribution < 1.29 is 4.42 Å². The minimum atomic E-state index is 0.273. The van der Waals surface area contributed by atoms with E-state index in [0.717, 1.165) is 20.9 Å². The van der Waals surface area contributed by atoms with E-state index in [2.05, 4.69) is 21.0 Å². The Labute approximate surface area is 111 Å². The van der Waals surface area contributed by atoms with E-state index in [1.54, 1.807) is 17.6 Å². The van der Waals surface area contributed by atoms with Crippen molar-refractivity contribution in [1.82, 2.24) is 15.0 Å². The quantitative estimate of drug-likeness (QED) is 0.726. The van der Waals surface area contributed by atoms with Crippen LogP contribution in [0.5, 0.6) is 0 Å². The standard InChI is InChI=1S/C11H10N4OS2/c1-5-4-16-11(13-5)18-9-7-3-6(2)17-8(7)14-10(12)15-9/h3-4H,1-2H3,(H2,12,14,15). The van der Waals surface area contributed by atoms with Crippen LogP contribution in [-0.4, -0.2) is 15.0 Å². The zero-order chi connectivity index (χ0) is 12.7. The lowest BCUT2D eigenvalue weighted by Crippen LogP contribution is -1.95. The van der Waals surface area contributed by atoms with Gasteiger partial charge in [-0.2, -0.15) is 0 Å². The first-order valence-electron chi connectivity index (χ1n) is 5.25. The molecule has 0 spiro atoms. The fourth-order valence-electron chi connectivity index (χ4n) is 1.57. The SMILES string of the molecule is Cc1coc(Sc2nc(N)nc3sc(C)cc23)n1. The fraction of sp³-hybridized carbons (Fsp3) is 0.182. The Kier molecular flexibility index (Phi) is 2.71. The number of anilines is 1. The maximum absolute atomic E-state index is 5.71. The summed E-state index contributed by atoms with van der Waals surface area (Å²) in [6.45, 7) is 3.92. The highest BCUT2D eigenvalue weighted by Gasteiger charge is 2.13. The van der Waals surface area contributed by atoms with Gasteiger partial charge in [-0.1, -0.05) is 0 Å². The molecular formula is C11H10N4OS2. The summed E-state index contributed by atoms with van der Waals surface area (Å²) < 4.78 is 5.32. The van der Waals surface area contributed by atoms with Crippen molar-refractivity contribution in [3.05, 3.63) is 22.9 Å². The topological polar surface area (TPSA) is 77.8 Å². The lowest BCUT2D eigenvalue weighted by atomic mass is 10.4. The van der Waals surface area contributed by atoms with Gasteiger partial charge in [0.25, 0.3) is 5.22 Å². The van der Waals surface area contributed by atoms with Crippen molar-refractivity contribution in [2.45, 2.75) is 24.1 Å². The third-order valence-corrected chi connectivity index (χ3v) is 4.09. The molecule has 0 aliphatic carbocycles. The minimum absolute atomic E-state index is 0.273. The first-order valence-corrected chi connectivity index (χ1v) is 6.89. The van der Waals surface area contributed by atoms with Crippen LogP contribution in [0, 0.1) is 13.8 Å². The molecular weight excluding hydrogens is 268 g/mol. The number of oxazole rings is 1. The molecule has 3 aromatic heterocycles. The number of aromatic nitrogens is 3. The van der Waals surface area contributed by atoms with Gasteiger partial charge in [0.15, 0.2) is 0 Å². The number of nitrogens with zero attached hydrogens (tertiary/aromatic N) is 3. The van der Waals surface area contributed by atoms with Crippen molar-refractivity contribution in [2.75, 3.05) is 5.73 Å². The van der Waals surface area contributed by atoms with Gasteiger partial charge in [0.1, 0.15) is 16.1 Å². The third-order valence-electron chi connectivity index (χ3n) is 2.28. The summed E-state index contributed by atoms with van der Waals surface area (Å²) in [6, 6.07) is 2.05. The van der Waals surface area contributed by atoms with E-state index in [1.165, 1.54) is 16.6 Å². The molecule has 0 aliphatic rings. The molecule has 0 aliphatic heterocycles. The Morgan fingerprint density at radius 1 is 1.28 bits per heavy atom. The molecule has 2 N–H and O–H groups in total. The normalized spacial score (nSPS) is 11.2. The van der Waals surface area contributed by atoms with Crippen LogP contribution in [0.3, 0.4) is 0 Å². The van der Waals surface area contributed by atoms with Gasteiger partial charge in [0.2, 0.25) is 5.95 Å². The van der Waals surface area contributed by atoms with Crippen molar-refractivity contribution in [3.63, 3.8) is 0 Å². The lowest BCUT2D eigenvalue weighted by Gasteiger charge is -1.99. The van der Waals surface area contributed by atoms with Gasteiger partial charge >= 0.3 is 0 Å². The van der Waals surface area contributed by atoms with E-state index in [-0.39, 0.29) is 5.95 Å². The first-order chi connectivity index (χ1) is 8.61. The number of rotatable bonds is 2. The average Bonchev–Trinajstić information content (AvgIpc) is 2.84. The fourth-order valence-corrected chi connectivity index (χ4v) is 3.38. The highest BCUT2D eigenvalue weighted by atomic mass is 32.2. The van der Waals surface area contributed by atoms with Gasteiger partial charge in [-0.05, 0) is 31.7 Å². The molecule has 18 heavy (non-hydrogen) atoms. The van der Waals surface area contributed by atoms with Crippen LogP contribution in [0.15, 0.2) is 27.0 Å². The summed E-state index contributed by atoms with van der Waals surface area (Å²) in [5.41, 5.74) is 6.56. The summed E-state index contributed by atoms with van der Waals surface area (Å²) in [5, 5.41) is 2.34. The van der Waals surface area contributed by atoms with Gasteiger partial charge in [0, 0.05) is 10.3 Å². The van der Waals surface area contributed by atoms with Crippen molar-refractivity contribution >= 4 is 39.3 Å². The zero-order valence-electron chi connectivity index (χ0n) is 9.80. The Morgan fingerprint density at radius 3 is 2.83 bits per heavy atom. The number of thiophene rings is 1. The van der Waals surface area contributed by atoms with Crippen LogP contribution in [0.1, 0.15) is 10.6 Å². The van der Waals surface area contributed by atoms with E-state index < -0.39 is 0 Å². The second kappa shape index (κ2) is 4.25. The van der Waals surface area contributed by atoms with Crippen LogP contribution in [0.4, 0.5) is 5.95 Å². The molecule has 0 radical (unpaired) electrons. The summed E-state index contributed by atoms with van der Waals surface area (Å²) in [4.78, 5) is 14.8. The molecule has 3 heterocycles. The molecule has 0 amide bonds.